The van der Waals surface area contributed by atoms with Crippen molar-refractivity contribution in [1.29, 1.82) is 0 Å². The van der Waals surface area contributed by atoms with Gasteiger partial charge in [0.05, 0.1) is 6.54 Å². The lowest BCUT2D eigenvalue weighted by Gasteiger charge is -2.19. The van der Waals surface area contributed by atoms with E-state index >= 15 is 0 Å². The highest BCUT2D eigenvalue weighted by Crippen LogP contribution is 2.19. The molecule has 0 fully saturated rings. The maximum atomic E-state index is 11.5. The van der Waals surface area contributed by atoms with Crippen LogP contribution in [-0.2, 0) is 15.3 Å². The van der Waals surface area contributed by atoms with Crippen molar-refractivity contribution < 1.29 is 19.1 Å². The zero-order valence-corrected chi connectivity index (χ0v) is 15.0. The molecule has 0 saturated carbocycles. The van der Waals surface area contributed by atoms with E-state index in [0.717, 1.165) is 11.3 Å². The molecule has 6 heteroatoms. The van der Waals surface area contributed by atoms with Crippen molar-refractivity contribution >= 4 is 23.0 Å². The molecule has 0 radical (unpaired) electrons. The van der Waals surface area contributed by atoms with Crippen molar-refractivity contribution in [2.75, 3.05) is 13.2 Å². The molecule has 0 aliphatic carbocycles. The van der Waals surface area contributed by atoms with E-state index in [9.17, 15) is 9.59 Å². The highest BCUT2D eigenvalue weighted by atomic mass is 32.2. The van der Waals surface area contributed by atoms with Crippen LogP contribution < -0.4 is 10.1 Å². The van der Waals surface area contributed by atoms with Crippen LogP contribution in [0.3, 0.4) is 0 Å². The fraction of sp³-hybridized carbons (Fsp3) is 0.529. The molecule has 5 nitrogen and oxygen atoms in total. The third kappa shape index (κ3) is 9.13. The van der Waals surface area contributed by atoms with Crippen LogP contribution in [0.1, 0.15) is 39.7 Å². The molecule has 0 heterocycles. The monoisotopic (exact) mass is 339 g/mol. The van der Waals surface area contributed by atoms with Gasteiger partial charge >= 0.3 is 6.09 Å². The van der Waals surface area contributed by atoms with Gasteiger partial charge in [0, 0.05) is 12.2 Å². The highest BCUT2D eigenvalue weighted by molar-refractivity contribution is 8.12. The van der Waals surface area contributed by atoms with Crippen molar-refractivity contribution in [3.05, 3.63) is 29.8 Å². The van der Waals surface area contributed by atoms with E-state index in [1.54, 1.807) is 0 Å². The predicted octanol–water partition coefficient (Wildman–Crippen LogP) is 3.76. The zero-order valence-electron chi connectivity index (χ0n) is 14.2. The van der Waals surface area contributed by atoms with Crippen molar-refractivity contribution in [1.82, 2.24) is 5.32 Å². The average molecular weight is 339 g/mol. The maximum absolute atomic E-state index is 11.5. The Kier molecular flexibility index (Phi) is 7.95. The normalized spacial score (nSPS) is 11.0. The van der Waals surface area contributed by atoms with E-state index in [-0.39, 0.29) is 5.12 Å². The Labute approximate surface area is 142 Å². The van der Waals surface area contributed by atoms with Crippen LogP contribution in [0.4, 0.5) is 4.79 Å². The first-order valence-corrected chi connectivity index (χ1v) is 8.63. The summed E-state index contributed by atoms with van der Waals surface area (Å²) in [5, 5.41) is 2.82. The molecule has 1 N–H and O–H groups in total. The Hall–Kier alpha value is -1.69. The molecule has 0 atom stereocenters. The molecule has 0 unspecified atom stereocenters. The summed E-state index contributed by atoms with van der Waals surface area (Å²) in [7, 11) is 0. The Morgan fingerprint density at radius 1 is 1.26 bits per heavy atom. The summed E-state index contributed by atoms with van der Waals surface area (Å²) in [6, 6.07) is 7.61. The smallest absolute Gasteiger partial charge is 0.407 e. The number of ether oxygens (including phenoxy) is 2. The van der Waals surface area contributed by atoms with E-state index in [0.29, 0.717) is 25.3 Å². The SMILES string of the molecule is CCC(=O)SCc1cccc(OCCNC(=O)OC(C)(C)C)c1. The van der Waals surface area contributed by atoms with Gasteiger partial charge in [-0.05, 0) is 38.5 Å². The minimum absolute atomic E-state index is 0.179. The minimum Gasteiger partial charge on any atom is -0.492 e. The Morgan fingerprint density at radius 3 is 2.65 bits per heavy atom. The van der Waals surface area contributed by atoms with E-state index < -0.39 is 11.7 Å². The lowest BCUT2D eigenvalue weighted by molar-refractivity contribution is -0.110. The van der Waals surface area contributed by atoms with Crippen LogP contribution in [0.2, 0.25) is 0 Å². The van der Waals surface area contributed by atoms with Gasteiger partial charge < -0.3 is 14.8 Å². The Balaban J connectivity index is 2.32. The number of thioether (sulfide) groups is 1. The number of alkyl carbamates (subject to hydrolysis) is 1. The van der Waals surface area contributed by atoms with Gasteiger partial charge in [-0.2, -0.15) is 0 Å². The first kappa shape index (κ1) is 19.4. The van der Waals surface area contributed by atoms with E-state index in [1.165, 1.54) is 11.8 Å². The molecular formula is C17H25NO4S. The standard InChI is InChI=1S/C17H25NO4S/c1-5-15(19)23-12-13-7-6-8-14(11-13)21-10-9-18-16(20)22-17(2,3)4/h6-8,11H,5,9-10,12H2,1-4H3,(H,18,20). The molecule has 0 aliphatic heterocycles. The largest absolute Gasteiger partial charge is 0.492 e. The Morgan fingerprint density at radius 2 is 2.00 bits per heavy atom. The molecule has 0 aromatic heterocycles. The molecule has 1 aromatic rings. The molecule has 1 amide bonds. The number of nitrogens with one attached hydrogen (secondary N) is 1. The number of rotatable bonds is 7. The minimum atomic E-state index is -0.507. The highest BCUT2D eigenvalue weighted by Gasteiger charge is 2.15. The molecule has 128 valence electrons. The molecule has 0 aliphatic rings. The number of amides is 1. The van der Waals surface area contributed by atoms with Gasteiger partial charge in [-0.25, -0.2) is 4.79 Å². The maximum Gasteiger partial charge on any atom is 0.407 e. The molecule has 1 rings (SSSR count). The second-order valence-electron chi connectivity index (χ2n) is 5.94. The molecule has 23 heavy (non-hydrogen) atoms. The van der Waals surface area contributed by atoms with Crippen LogP contribution >= 0.6 is 11.8 Å². The first-order valence-electron chi connectivity index (χ1n) is 7.64. The van der Waals surface area contributed by atoms with E-state index in [4.69, 9.17) is 9.47 Å². The van der Waals surface area contributed by atoms with Gasteiger partial charge in [0.15, 0.2) is 5.12 Å². The summed E-state index contributed by atoms with van der Waals surface area (Å²) in [5.41, 5.74) is 0.529. The van der Waals surface area contributed by atoms with Crippen molar-refractivity contribution in [3.63, 3.8) is 0 Å². The fourth-order valence-electron chi connectivity index (χ4n) is 1.63. The summed E-state index contributed by atoms with van der Waals surface area (Å²) in [5.74, 6) is 1.36. The van der Waals surface area contributed by atoms with E-state index in [1.807, 2.05) is 52.0 Å². The predicted molar refractivity (Wildman–Crippen MR) is 92.8 cm³/mol. The zero-order chi connectivity index (χ0) is 17.3. The average Bonchev–Trinajstić information content (AvgIpc) is 2.48. The number of carbonyl (C=O) groups is 2. The van der Waals surface area contributed by atoms with Crippen LogP contribution in [0, 0.1) is 0 Å². The number of hydrogen-bond donors (Lipinski definition) is 1. The van der Waals surface area contributed by atoms with E-state index in [2.05, 4.69) is 5.32 Å². The van der Waals surface area contributed by atoms with Gasteiger partial charge in [0.1, 0.15) is 18.0 Å². The lowest BCUT2D eigenvalue weighted by atomic mass is 10.2. The van der Waals surface area contributed by atoms with Gasteiger partial charge in [-0.1, -0.05) is 30.8 Å². The molecule has 1 aromatic carbocycles. The van der Waals surface area contributed by atoms with Crippen LogP contribution in [-0.4, -0.2) is 30.0 Å². The van der Waals surface area contributed by atoms with Crippen molar-refractivity contribution in [2.24, 2.45) is 0 Å². The lowest BCUT2D eigenvalue weighted by Crippen LogP contribution is -2.34. The second-order valence-corrected chi connectivity index (χ2v) is 6.97. The summed E-state index contributed by atoms with van der Waals surface area (Å²) >= 11 is 1.31. The van der Waals surface area contributed by atoms with Crippen LogP contribution in [0.5, 0.6) is 5.75 Å². The third-order valence-electron chi connectivity index (χ3n) is 2.63. The number of hydrogen-bond acceptors (Lipinski definition) is 5. The third-order valence-corrected chi connectivity index (χ3v) is 3.71. The molecule has 0 spiro atoms. The first-order chi connectivity index (χ1) is 10.8. The fourth-order valence-corrected chi connectivity index (χ4v) is 2.34. The van der Waals surface area contributed by atoms with Crippen molar-refractivity contribution in [2.45, 2.75) is 45.5 Å². The number of carbonyl (C=O) groups excluding carboxylic acids is 2. The van der Waals surface area contributed by atoms with Gasteiger partial charge in [-0.15, -0.1) is 0 Å². The molecule has 0 saturated heterocycles. The second kappa shape index (κ2) is 9.45. The van der Waals surface area contributed by atoms with Gasteiger partial charge in [0.25, 0.3) is 0 Å². The van der Waals surface area contributed by atoms with Gasteiger partial charge in [-0.3, -0.25) is 4.79 Å². The summed E-state index contributed by atoms with van der Waals surface area (Å²) in [4.78, 5) is 22.8. The molecule has 0 bridgehead atoms. The van der Waals surface area contributed by atoms with Gasteiger partial charge in [0.2, 0.25) is 0 Å². The summed E-state index contributed by atoms with van der Waals surface area (Å²) < 4.78 is 10.7. The quantitative estimate of drug-likeness (QED) is 0.766. The topological polar surface area (TPSA) is 64.6 Å². The van der Waals surface area contributed by atoms with Crippen LogP contribution in [0.15, 0.2) is 24.3 Å². The number of benzene rings is 1. The van der Waals surface area contributed by atoms with Crippen LogP contribution in [0.25, 0.3) is 0 Å². The summed E-state index contributed by atoms with van der Waals surface area (Å²) in [6.07, 6.45) is 0.0846. The Bertz CT molecular complexity index is 526. The van der Waals surface area contributed by atoms with Crippen molar-refractivity contribution in [3.8, 4) is 5.75 Å². The summed E-state index contributed by atoms with van der Waals surface area (Å²) in [6.45, 7) is 8.01. The molecular weight excluding hydrogens is 314 g/mol.